The zero-order valence-electron chi connectivity index (χ0n) is 10.7. The average molecular weight is 261 g/mol. The summed E-state index contributed by atoms with van der Waals surface area (Å²) in [6, 6.07) is 8.74. The summed E-state index contributed by atoms with van der Waals surface area (Å²) in [5.74, 6) is 1.07. The van der Waals surface area contributed by atoms with Gasteiger partial charge in [0.15, 0.2) is 0 Å². The lowest BCUT2D eigenvalue weighted by molar-refractivity contribution is 0.725. The number of hydrogen-bond donors (Lipinski definition) is 1. The molecule has 1 heterocycles. The van der Waals surface area contributed by atoms with Crippen molar-refractivity contribution in [1.82, 2.24) is 14.9 Å². The van der Waals surface area contributed by atoms with Crippen LogP contribution in [-0.4, -0.2) is 21.8 Å². The van der Waals surface area contributed by atoms with Crippen LogP contribution in [0.2, 0.25) is 0 Å². The second kappa shape index (κ2) is 7.24. The maximum absolute atomic E-state index is 4.04. The summed E-state index contributed by atoms with van der Waals surface area (Å²) < 4.78 is 2.11. The van der Waals surface area contributed by atoms with E-state index in [1.165, 1.54) is 10.5 Å². The van der Waals surface area contributed by atoms with Crippen LogP contribution in [0, 0.1) is 0 Å². The molecule has 1 aromatic carbocycles. The summed E-state index contributed by atoms with van der Waals surface area (Å²) >= 11 is 1.89. The number of nitrogens with zero attached hydrogens (tertiary/aromatic N) is 2. The number of benzene rings is 1. The van der Waals surface area contributed by atoms with Crippen LogP contribution < -0.4 is 5.32 Å². The van der Waals surface area contributed by atoms with Crippen molar-refractivity contribution in [2.45, 2.75) is 24.9 Å². The molecule has 4 heteroatoms. The highest BCUT2D eigenvalue weighted by atomic mass is 32.2. The van der Waals surface area contributed by atoms with E-state index in [-0.39, 0.29) is 0 Å². The fourth-order valence-corrected chi connectivity index (χ4v) is 2.65. The lowest BCUT2D eigenvalue weighted by Gasteiger charge is -2.06. The monoisotopic (exact) mass is 261 g/mol. The van der Waals surface area contributed by atoms with Gasteiger partial charge in [-0.3, -0.25) is 0 Å². The number of imidazole rings is 1. The molecule has 18 heavy (non-hydrogen) atoms. The molecule has 0 bridgehead atoms. The van der Waals surface area contributed by atoms with E-state index in [0.29, 0.717) is 0 Å². The van der Waals surface area contributed by atoms with Gasteiger partial charge in [-0.2, -0.15) is 0 Å². The molecular weight excluding hydrogens is 242 g/mol. The van der Waals surface area contributed by atoms with E-state index in [0.717, 1.165) is 25.4 Å². The lowest BCUT2D eigenvalue weighted by Crippen LogP contribution is -2.11. The molecular formula is C14H19N3S. The molecule has 0 aliphatic heterocycles. The van der Waals surface area contributed by atoms with Gasteiger partial charge in [-0.25, -0.2) is 4.98 Å². The molecule has 0 atom stereocenters. The molecule has 3 nitrogen and oxygen atoms in total. The third-order valence-corrected chi connectivity index (χ3v) is 3.63. The van der Waals surface area contributed by atoms with Crippen molar-refractivity contribution in [3.63, 3.8) is 0 Å². The number of hydrogen-bond acceptors (Lipinski definition) is 3. The predicted octanol–water partition coefficient (Wildman–Crippen LogP) is 2.78. The molecule has 0 saturated heterocycles. The Kier molecular flexibility index (Phi) is 5.30. The van der Waals surface area contributed by atoms with E-state index >= 15 is 0 Å². The van der Waals surface area contributed by atoms with Crippen molar-refractivity contribution in [2.75, 3.05) is 12.3 Å². The molecule has 0 aliphatic rings. The third kappa shape index (κ3) is 4.20. The molecule has 0 radical (unpaired) electrons. The molecule has 2 rings (SSSR count). The Balaban J connectivity index is 1.81. The Labute approximate surface area is 113 Å². The van der Waals surface area contributed by atoms with Crippen molar-refractivity contribution in [2.24, 2.45) is 0 Å². The fraction of sp³-hybridized carbons (Fsp3) is 0.357. The summed E-state index contributed by atoms with van der Waals surface area (Å²) in [5.41, 5.74) is 1.35. The Morgan fingerprint density at radius 1 is 1.39 bits per heavy atom. The number of aryl methyl sites for hydroxylation is 1. The Morgan fingerprint density at radius 3 is 3.11 bits per heavy atom. The SMILES string of the molecule is CCNCc1cccc(SCCn2ccnc2)c1. The van der Waals surface area contributed by atoms with Gasteiger partial charge in [0.25, 0.3) is 0 Å². The van der Waals surface area contributed by atoms with Crippen molar-refractivity contribution < 1.29 is 0 Å². The van der Waals surface area contributed by atoms with Crippen LogP contribution in [0.15, 0.2) is 47.9 Å². The van der Waals surface area contributed by atoms with Gasteiger partial charge >= 0.3 is 0 Å². The van der Waals surface area contributed by atoms with E-state index in [4.69, 9.17) is 0 Å². The highest BCUT2D eigenvalue weighted by molar-refractivity contribution is 7.99. The van der Waals surface area contributed by atoms with Gasteiger partial charge in [0.2, 0.25) is 0 Å². The third-order valence-electron chi connectivity index (χ3n) is 2.65. The largest absolute Gasteiger partial charge is 0.337 e. The Bertz CT molecular complexity index is 454. The van der Waals surface area contributed by atoms with Crippen LogP contribution in [0.1, 0.15) is 12.5 Å². The van der Waals surface area contributed by atoms with Gasteiger partial charge < -0.3 is 9.88 Å². The van der Waals surface area contributed by atoms with Gasteiger partial charge in [0, 0.05) is 36.1 Å². The number of rotatable bonds is 7. The second-order valence-corrected chi connectivity index (χ2v) is 5.25. The van der Waals surface area contributed by atoms with Crippen LogP contribution in [0.3, 0.4) is 0 Å². The van der Waals surface area contributed by atoms with E-state index in [1.807, 2.05) is 30.5 Å². The summed E-state index contributed by atoms with van der Waals surface area (Å²) in [5, 5.41) is 3.35. The van der Waals surface area contributed by atoms with Crippen molar-refractivity contribution >= 4 is 11.8 Å². The maximum atomic E-state index is 4.04. The molecule has 0 aliphatic carbocycles. The summed E-state index contributed by atoms with van der Waals surface area (Å²) in [6.07, 6.45) is 5.69. The van der Waals surface area contributed by atoms with Crippen LogP contribution in [0.4, 0.5) is 0 Å². The molecule has 1 N–H and O–H groups in total. The van der Waals surface area contributed by atoms with Crippen LogP contribution in [0.25, 0.3) is 0 Å². The van der Waals surface area contributed by atoms with E-state index < -0.39 is 0 Å². The molecule has 0 saturated carbocycles. The van der Waals surface area contributed by atoms with Crippen LogP contribution in [-0.2, 0) is 13.1 Å². The van der Waals surface area contributed by atoms with E-state index in [1.54, 1.807) is 0 Å². The minimum absolute atomic E-state index is 0.951. The standard InChI is InChI=1S/C14H19N3S/c1-2-15-11-13-4-3-5-14(10-13)18-9-8-17-7-6-16-12-17/h3-7,10,12,15H,2,8-9,11H2,1H3. The molecule has 0 fully saturated rings. The van der Waals surface area contributed by atoms with Crippen LogP contribution >= 0.6 is 11.8 Å². The Hall–Kier alpha value is -1.26. The zero-order valence-corrected chi connectivity index (χ0v) is 11.5. The second-order valence-electron chi connectivity index (χ2n) is 4.08. The van der Waals surface area contributed by atoms with E-state index in [9.17, 15) is 0 Å². The first-order chi connectivity index (χ1) is 8.88. The molecule has 1 aromatic heterocycles. The number of nitrogens with one attached hydrogen (secondary N) is 1. The smallest absolute Gasteiger partial charge is 0.0946 e. The predicted molar refractivity (Wildman–Crippen MR) is 76.8 cm³/mol. The zero-order chi connectivity index (χ0) is 12.6. The molecule has 0 spiro atoms. The maximum Gasteiger partial charge on any atom is 0.0946 e. The van der Waals surface area contributed by atoms with Gasteiger partial charge in [-0.1, -0.05) is 19.1 Å². The minimum atomic E-state index is 0.951. The number of thioether (sulfide) groups is 1. The van der Waals surface area contributed by atoms with E-state index in [2.05, 4.69) is 46.1 Å². The topological polar surface area (TPSA) is 29.9 Å². The quantitative estimate of drug-likeness (QED) is 0.777. The first-order valence-electron chi connectivity index (χ1n) is 6.26. The van der Waals surface area contributed by atoms with Gasteiger partial charge in [-0.05, 0) is 24.2 Å². The fourth-order valence-electron chi connectivity index (χ4n) is 1.70. The molecule has 0 amide bonds. The first-order valence-corrected chi connectivity index (χ1v) is 7.25. The average Bonchev–Trinajstić information content (AvgIpc) is 2.90. The lowest BCUT2D eigenvalue weighted by atomic mass is 10.2. The Morgan fingerprint density at radius 2 is 2.33 bits per heavy atom. The highest BCUT2D eigenvalue weighted by Gasteiger charge is 1.97. The summed E-state index contributed by atoms with van der Waals surface area (Å²) in [4.78, 5) is 5.38. The molecule has 0 unspecified atom stereocenters. The summed E-state index contributed by atoms with van der Waals surface area (Å²) in [7, 11) is 0. The molecule has 96 valence electrons. The van der Waals surface area contributed by atoms with Crippen molar-refractivity contribution in [1.29, 1.82) is 0 Å². The van der Waals surface area contributed by atoms with Gasteiger partial charge in [-0.15, -0.1) is 11.8 Å². The number of aromatic nitrogens is 2. The van der Waals surface area contributed by atoms with Gasteiger partial charge in [0.1, 0.15) is 0 Å². The normalized spacial score (nSPS) is 10.7. The van der Waals surface area contributed by atoms with Gasteiger partial charge in [0.05, 0.1) is 6.33 Å². The summed E-state index contributed by atoms with van der Waals surface area (Å²) in [6.45, 7) is 5.09. The molecule has 2 aromatic rings. The minimum Gasteiger partial charge on any atom is -0.337 e. The van der Waals surface area contributed by atoms with Crippen molar-refractivity contribution in [3.8, 4) is 0 Å². The highest BCUT2D eigenvalue weighted by Crippen LogP contribution is 2.19. The first kappa shape index (κ1) is 13.2. The van der Waals surface area contributed by atoms with Crippen molar-refractivity contribution in [3.05, 3.63) is 48.5 Å². The van der Waals surface area contributed by atoms with Crippen LogP contribution in [0.5, 0.6) is 0 Å².